The zero-order chi connectivity index (χ0) is 12.6. The fraction of sp³-hybridized carbons (Fsp3) is 0.385. The summed E-state index contributed by atoms with van der Waals surface area (Å²) in [5.74, 6) is 0.980. The van der Waals surface area contributed by atoms with E-state index in [9.17, 15) is 5.11 Å². The lowest BCUT2D eigenvalue weighted by Crippen LogP contribution is -2.10. The van der Waals surface area contributed by atoms with Crippen LogP contribution in [0.4, 0.5) is 0 Å². The third-order valence-electron chi connectivity index (χ3n) is 3.22. The standard InChI is InChI=1S/C13H15N3O2/c14-8-11-15-12(16-18-11)10-3-1-9(2-4-10)7-13(17)5-6-13/h1-4,17H,5-8,14H2. The quantitative estimate of drug-likeness (QED) is 0.847. The van der Waals surface area contributed by atoms with Crippen LogP contribution in [0.2, 0.25) is 0 Å². The largest absolute Gasteiger partial charge is 0.390 e. The van der Waals surface area contributed by atoms with Crippen LogP contribution in [0.1, 0.15) is 24.3 Å². The normalized spacial score (nSPS) is 16.8. The third kappa shape index (κ3) is 2.27. The van der Waals surface area contributed by atoms with E-state index >= 15 is 0 Å². The Morgan fingerprint density at radius 3 is 2.56 bits per heavy atom. The highest BCUT2D eigenvalue weighted by Gasteiger charge is 2.39. The number of nitrogens with zero attached hydrogens (tertiary/aromatic N) is 2. The zero-order valence-corrected chi connectivity index (χ0v) is 9.97. The number of hydrogen-bond acceptors (Lipinski definition) is 5. The summed E-state index contributed by atoms with van der Waals surface area (Å²) in [4.78, 5) is 4.16. The Bertz CT molecular complexity index is 544. The van der Waals surface area contributed by atoms with Gasteiger partial charge in [-0.2, -0.15) is 4.98 Å². The molecule has 1 aromatic carbocycles. The van der Waals surface area contributed by atoms with Crippen molar-refractivity contribution in [2.75, 3.05) is 0 Å². The molecule has 18 heavy (non-hydrogen) atoms. The lowest BCUT2D eigenvalue weighted by atomic mass is 10.0. The van der Waals surface area contributed by atoms with Gasteiger partial charge in [-0.1, -0.05) is 29.4 Å². The molecule has 0 atom stereocenters. The van der Waals surface area contributed by atoms with Gasteiger partial charge in [-0.3, -0.25) is 0 Å². The smallest absolute Gasteiger partial charge is 0.240 e. The van der Waals surface area contributed by atoms with Gasteiger partial charge in [0.05, 0.1) is 12.1 Å². The number of benzene rings is 1. The molecule has 1 aromatic heterocycles. The van der Waals surface area contributed by atoms with Crippen LogP contribution >= 0.6 is 0 Å². The minimum absolute atomic E-state index is 0.248. The number of nitrogens with two attached hydrogens (primary N) is 1. The van der Waals surface area contributed by atoms with Crippen molar-refractivity contribution in [3.63, 3.8) is 0 Å². The van der Waals surface area contributed by atoms with Crippen molar-refractivity contribution in [1.82, 2.24) is 10.1 Å². The van der Waals surface area contributed by atoms with Gasteiger partial charge < -0.3 is 15.4 Å². The number of aliphatic hydroxyl groups is 1. The fourth-order valence-electron chi connectivity index (χ4n) is 1.93. The summed E-state index contributed by atoms with van der Waals surface area (Å²) in [5.41, 5.74) is 6.98. The summed E-state index contributed by atoms with van der Waals surface area (Å²) in [6.07, 6.45) is 2.52. The first kappa shape index (κ1) is 11.4. The molecule has 0 unspecified atom stereocenters. The van der Waals surface area contributed by atoms with Gasteiger partial charge in [0.15, 0.2) is 0 Å². The molecule has 3 N–H and O–H groups in total. The SMILES string of the molecule is NCc1nc(-c2ccc(CC3(O)CC3)cc2)no1. The van der Waals surface area contributed by atoms with E-state index in [0.29, 0.717) is 18.1 Å². The molecule has 0 spiro atoms. The van der Waals surface area contributed by atoms with Crippen molar-refractivity contribution in [3.8, 4) is 11.4 Å². The average Bonchev–Trinajstić information content (AvgIpc) is 2.94. The van der Waals surface area contributed by atoms with Gasteiger partial charge >= 0.3 is 0 Å². The molecule has 0 amide bonds. The summed E-state index contributed by atoms with van der Waals surface area (Å²) in [6.45, 7) is 0.248. The first-order valence-corrected chi connectivity index (χ1v) is 6.03. The molecule has 1 saturated carbocycles. The summed E-state index contributed by atoms with van der Waals surface area (Å²) < 4.78 is 4.96. The number of rotatable bonds is 4. The summed E-state index contributed by atoms with van der Waals surface area (Å²) >= 11 is 0. The molecule has 0 saturated heterocycles. The van der Waals surface area contributed by atoms with E-state index in [1.54, 1.807) is 0 Å². The molecule has 1 fully saturated rings. The van der Waals surface area contributed by atoms with Gasteiger partial charge in [-0.15, -0.1) is 0 Å². The molecule has 1 heterocycles. The molecule has 3 rings (SSSR count). The van der Waals surface area contributed by atoms with Crippen LogP contribution in [-0.4, -0.2) is 20.8 Å². The Labute approximate surface area is 105 Å². The molecule has 94 valence electrons. The highest BCUT2D eigenvalue weighted by atomic mass is 16.5. The van der Waals surface area contributed by atoms with Gasteiger partial charge in [0.25, 0.3) is 0 Å². The van der Waals surface area contributed by atoms with Crippen molar-refractivity contribution in [2.45, 2.75) is 31.4 Å². The van der Waals surface area contributed by atoms with Gasteiger partial charge in [0, 0.05) is 12.0 Å². The first-order chi connectivity index (χ1) is 8.68. The lowest BCUT2D eigenvalue weighted by Gasteiger charge is -2.07. The Balaban J connectivity index is 1.77. The van der Waals surface area contributed by atoms with Crippen LogP contribution < -0.4 is 5.73 Å². The predicted molar refractivity (Wildman–Crippen MR) is 65.5 cm³/mol. The van der Waals surface area contributed by atoms with Crippen molar-refractivity contribution in [1.29, 1.82) is 0 Å². The summed E-state index contributed by atoms with van der Waals surface area (Å²) in [5, 5.41) is 13.7. The van der Waals surface area contributed by atoms with Crippen molar-refractivity contribution < 1.29 is 9.63 Å². The predicted octanol–water partition coefficient (Wildman–Crippen LogP) is 1.26. The van der Waals surface area contributed by atoms with Crippen LogP contribution in [0.5, 0.6) is 0 Å². The number of aromatic nitrogens is 2. The van der Waals surface area contributed by atoms with Crippen molar-refractivity contribution in [3.05, 3.63) is 35.7 Å². The van der Waals surface area contributed by atoms with E-state index < -0.39 is 5.60 Å². The maximum absolute atomic E-state index is 9.85. The van der Waals surface area contributed by atoms with Gasteiger partial charge in [-0.05, 0) is 18.4 Å². The van der Waals surface area contributed by atoms with Gasteiger partial charge in [-0.25, -0.2) is 0 Å². The highest BCUT2D eigenvalue weighted by Crippen LogP contribution is 2.38. The Morgan fingerprint density at radius 2 is 2.00 bits per heavy atom. The second kappa shape index (κ2) is 4.19. The van der Waals surface area contributed by atoms with E-state index in [1.165, 1.54) is 0 Å². The Kier molecular flexibility index (Phi) is 2.65. The van der Waals surface area contributed by atoms with Crippen LogP contribution in [0.3, 0.4) is 0 Å². The van der Waals surface area contributed by atoms with Crippen molar-refractivity contribution >= 4 is 0 Å². The monoisotopic (exact) mass is 245 g/mol. The van der Waals surface area contributed by atoms with Crippen LogP contribution in [0.25, 0.3) is 11.4 Å². The van der Waals surface area contributed by atoms with Crippen LogP contribution in [-0.2, 0) is 13.0 Å². The number of hydrogen-bond donors (Lipinski definition) is 2. The molecular formula is C13H15N3O2. The van der Waals surface area contributed by atoms with E-state index in [0.717, 1.165) is 24.0 Å². The molecule has 0 aliphatic heterocycles. The average molecular weight is 245 g/mol. The maximum Gasteiger partial charge on any atom is 0.240 e. The lowest BCUT2D eigenvalue weighted by molar-refractivity contribution is 0.151. The fourth-order valence-corrected chi connectivity index (χ4v) is 1.93. The minimum atomic E-state index is -0.458. The van der Waals surface area contributed by atoms with Gasteiger partial charge in [0.1, 0.15) is 0 Å². The molecule has 2 aromatic rings. The van der Waals surface area contributed by atoms with E-state index in [1.807, 2.05) is 24.3 Å². The summed E-state index contributed by atoms with van der Waals surface area (Å²) in [7, 11) is 0. The maximum atomic E-state index is 9.85. The highest BCUT2D eigenvalue weighted by molar-refractivity contribution is 5.54. The zero-order valence-electron chi connectivity index (χ0n) is 9.97. The molecule has 5 heteroatoms. The minimum Gasteiger partial charge on any atom is -0.390 e. The Morgan fingerprint density at radius 1 is 1.28 bits per heavy atom. The van der Waals surface area contributed by atoms with E-state index in [2.05, 4.69) is 10.1 Å². The van der Waals surface area contributed by atoms with Gasteiger partial charge in [0.2, 0.25) is 11.7 Å². The summed E-state index contributed by atoms with van der Waals surface area (Å²) in [6, 6.07) is 7.85. The topological polar surface area (TPSA) is 85.2 Å². The van der Waals surface area contributed by atoms with Crippen LogP contribution in [0.15, 0.2) is 28.8 Å². The second-order valence-electron chi connectivity index (χ2n) is 4.81. The van der Waals surface area contributed by atoms with Crippen LogP contribution in [0, 0.1) is 0 Å². The van der Waals surface area contributed by atoms with E-state index in [-0.39, 0.29) is 6.54 Å². The molecular weight excluding hydrogens is 230 g/mol. The molecule has 0 bridgehead atoms. The second-order valence-corrected chi connectivity index (χ2v) is 4.81. The van der Waals surface area contributed by atoms with Crippen molar-refractivity contribution in [2.24, 2.45) is 5.73 Å². The molecule has 5 nitrogen and oxygen atoms in total. The Hall–Kier alpha value is -1.72. The molecule has 0 radical (unpaired) electrons. The first-order valence-electron chi connectivity index (χ1n) is 6.03. The van der Waals surface area contributed by atoms with E-state index in [4.69, 9.17) is 10.3 Å². The molecule has 1 aliphatic rings. The molecule has 1 aliphatic carbocycles. The third-order valence-corrected chi connectivity index (χ3v) is 3.22.